The minimum Gasteiger partial charge on any atom is -0.481 e. The van der Waals surface area contributed by atoms with Gasteiger partial charge in [-0.1, -0.05) is 17.7 Å². The average Bonchev–Trinajstić information content (AvgIpc) is 2.41. The molecule has 1 saturated heterocycles. The van der Waals surface area contributed by atoms with Crippen molar-refractivity contribution in [3.8, 4) is 0 Å². The third-order valence-electron chi connectivity index (χ3n) is 3.65. The number of hydrogen-bond donors (Lipinski definition) is 1. The zero-order chi connectivity index (χ0) is 14.9. The normalized spacial score (nSPS) is 22.9. The van der Waals surface area contributed by atoms with Crippen LogP contribution in [-0.4, -0.2) is 28.4 Å². The molecule has 108 valence electrons. The topological polar surface area (TPSA) is 57.6 Å². The maximum absolute atomic E-state index is 13.6. The van der Waals surface area contributed by atoms with Crippen molar-refractivity contribution < 1.29 is 19.1 Å². The van der Waals surface area contributed by atoms with E-state index in [9.17, 15) is 19.1 Å². The van der Waals surface area contributed by atoms with Gasteiger partial charge in [0.05, 0.1) is 17.0 Å². The molecule has 2 rings (SSSR count). The molecule has 0 aliphatic carbocycles. The van der Waals surface area contributed by atoms with E-state index in [4.69, 9.17) is 11.6 Å². The van der Waals surface area contributed by atoms with Gasteiger partial charge in [-0.05, 0) is 31.0 Å². The molecule has 1 aliphatic heterocycles. The van der Waals surface area contributed by atoms with Crippen molar-refractivity contribution in [2.45, 2.75) is 25.8 Å². The molecule has 6 heteroatoms. The largest absolute Gasteiger partial charge is 0.481 e. The number of carbonyl (C=O) groups excluding carboxylic acids is 1. The molecule has 0 spiro atoms. The van der Waals surface area contributed by atoms with Crippen molar-refractivity contribution in [1.29, 1.82) is 0 Å². The highest BCUT2D eigenvalue weighted by molar-refractivity contribution is 6.30. The molecular weight excluding hydrogens is 285 g/mol. The van der Waals surface area contributed by atoms with Crippen molar-refractivity contribution in [3.63, 3.8) is 0 Å². The zero-order valence-corrected chi connectivity index (χ0v) is 11.7. The van der Waals surface area contributed by atoms with Crippen LogP contribution in [0.5, 0.6) is 0 Å². The molecule has 0 saturated carbocycles. The highest BCUT2D eigenvalue weighted by atomic mass is 35.5. The van der Waals surface area contributed by atoms with Crippen LogP contribution in [0.3, 0.4) is 0 Å². The molecule has 1 fully saturated rings. The first-order valence-electron chi connectivity index (χ1n) is 6.43. The van der Waals surface area contributed by atoms with E-state index >= 15 is 0 Å². The second kappa shape index (κ2) is 5.79. The molecule has 1 heterocycles. The number of aliphatic carboxylic acids is 1. The minimum atomic E-state index is -0.976. The number of halogens is 2. The van der Waals surface area contributed by atoms with Gasteiger partial charge < -0.3 is 10.0 Å². The van der Waals surface area contributed by atoms with Crippen LogP contribution in [0.4, 0.5) is 4.39 Å². The fourth-order valence-corrected chi connectivity index (χ4v) is 2.81. The smallest absolute Gasteiger partial charge is 0.308 e. The molecule has 20 heavy (non-hydrogen) atoms. The van der Waals surface area contributed by atoms with Gasteiger partial charge in [-0.2, -0.15) is 0 Å². The van der Waals surface area contributed by atoms with Crippen LogP contribution in [0.15, 0.2) is 18.2 Å². The van der Waals surface area contributed by atoms with Crippen LogP contribution >= 0.6 is 11.6 Å². The zero-order valence-electron chi connectivity index (χ0n) is 11.0. The van der Waals surface area contributed by atoms with Crippen molar-refractivity contribution in [1.82, 2.24) is 4.90 Å². The number of carbonyl (C=O) groups is 2. The predicted molar refractivity (Wildman–Crippen MR) is 71.9 cm³/mol. The van der Waals surface area contributed by atoms with E-state index in [1.807, 2.05) is 0 Å². The standard InChI is InChI=1S/C14H15ClFNO3/c1-2-17-12(18)6-4-9(14(19)20)13(17)8-3-5-10(15)11(16)7-8/h3,5,7,9,13H,2,4,6H2,1H3,(H,19,20). The van der Waals surface area contributed by atoms with E-state index in [1.54, 1.807) is 13.0 Å². The van der Waals surface area contributed by atoms with Gasteiger partial charge in [-0.15, -0.1) is 0 Å². The van der Waals surface area contributed by atoms with Crippen molar-refractivity contribution in [2.24, 2.45) is 5.92 Å². The van der Waals surface area contributed by atoms with Gasteiger partial charge in [0.2, 0.25) is 5.91 Å². The Kier molecular flexibility index (Phi) is 4.28. The third kappa shape index (κ3) is 2.63. The number of likely N-dealkylation sites (tertiary alicyclic amines) is 1. The monoisotopic (exact) mass is 299 g/mol. The molecular formula is C14H15ClFNO3. The Balaban J connectivity index is 2.46. The highest BCUT2D eigenvalue weighted by Gasteiger charge is 2.40. The maximum atomic E-state index is 13.6. The second-order valence-electron chi connectivity index (χ2n) is 4.78. The lowest BCUT2D eigenvalue weighted by Gasteiger charge is -2.39. The highest BCUT2D eigenvalue weighted by Crippen LogP contribution is 2.37. The summed E-state index contributed by atoms with van der Waals surface area (Å²) in [6, 6.07) is 3.53. The van der Waals surface area contributed by atoms with Gasteiger partial charge >= 0.3 is 5.97 Å². The van der Waals surface area contributed by atoms with Gasteiger partial charge in [0.25, 0.3) is 0 Å². The summed E-state index contributed by atoms with van der Waals surface area (Å²) < 4.78 is 13.6. The quantitative estimate of drug-likeness (QED) is 0.933. The fourth-order valence-electron chi connectivity index (χ4n) is 2.69. The van der Waals surface area contributed by atoms with Gasteiger partial charge in [0, 0.05) is 13.0 Å². The summed E-state index contributed by atoms with van der Waals surface area (Å²) in [5, 5.41) is 9.31. The number of piperidine rings is 1. The molecule has 1 N–H and O–H groups in total. The summed E-state index contributed by atoms with van der Waals surface area (Å²) >= 11 is 5.65. The SMILES string of the molecule is CCN1C(=O)CCC(C(=O)O)C1c1ccc(Cl)c(F)c1. The Hall–Kier alpha value is -1.62. The van der Waals surface area contributed by atoms with Gasteiger partial charge in [0.1, 0.15) is 5.82 Å². The third-order valence-corrected chi connectivity index (χ3v) is 3.96. The molecule has 1 amide bonds. The Bertz CT molecular complexity index is 547. The lowest BCUT2D eigenvalue weighted by molar-refractivity contribution is -0.151. The predicted octanol–water partition coefficient (Wildman–Crippen LogP) is 2.86. The van der Waals surface area contributed by atoms with Crippen LogP contribution in [-0.2, 0) is 9.59 Å². The van der Waals surface area contributed by atoms with E-state index in [0.717, 1.165) is 0 Å². The summed E-state index contributed by atoms with van der Waals surface area (Å²) in [5.41, 5.74) is 0.467. The van der Waals surface area contributed by atoms with E-state index in [-0.39, 0.29) is 23.8 Å². The number of hydrogen-bond acceptors (Lipinski definition) is 2. The first-order valence-corrected chi connectivity index (χ1v) is 6.80. The average molecular weight is 300 g/mol. The number of carboxylic acids is 1. The Labute approximate surface area is 121 Å². The van der Waals surface area contributed by atoms with Gasteiger partial charge in [-0.25, -0.2) is 4.39 Å². The summed E-state index contributed by atoms with van der Waals surface area (Å²) in [7, 11) is 0. The van der Waals surface area contributed by atoms with Gasteiger partial charge in [0.15, 0.2) is 0 Å². The number of carboxylic acid groups (broad SMARTS) is 1. The fraction of sp³-hybridized carbons (Fsp3) is 0.429. The summed E-state index contributed by atoms with van der Waals surface area (Å²) in [4.78, 5) is 24.8. The van der Waals surface area contributed by atoms with Crippen molar-refractivity contribution in [2.75, 3.05) is 6.54 Å². The first kappa shape index (κ1) is 14.8. The molecule has 1 aromatic rings. The van der Waals surface area contributed by atoms with Crippen molar-refractivity contribution in [3.05, 3.63) is 34.6 Å². The number of rotatable bonds is 3. The molecule has 2 unspecified atom stereocenters. The molecule has 1 aromatic carbocycles. The molecule has 4 nitrogen and oxygen atoms in total. The second-order valence-corrected chi connectivity index (χ2v) is 5.19. The van der Waals surface area contributed by atoms with Crippen LogP contribution in [0.25, 0.3) is 0 Å². The van der Waals surface area contributed by atoms with Crippen LogP contribution in [0, 0.1) is 11.7 Å². The summed E-state index contributed by atoms with van der Waals surface area (Å²) in [5.74, 6) is -2.42. The summed E-state index contributed by atoms with van der Waals surface area (Å²) in [6.07, 6.45) is 0.469. The van der Waals surface area contributed by atoms with E-state index < -0.39 is 23.7 Å². The van der Waals surface area contributed by atoms with E-state index in [2.05, 4.69) is 0 Å². The molecule has 0 bridgehead atoms. The molecule has 0 radical (unpaired) electrons. The van der Waals surface area contributed by atoms with E-state index in [0.29, 0.717) is 12.1 Å². The minimum absolute atomic E-state index is 0.0224. The number of nitrogens with zero attached hydrogens (tertiary/aromatic N) is 1. The first-order chi connectivity index (χ1) is 9.45. The van der Waals surface area contributed by atoms with Crippen molar-refractivity contribution >= 4 is 23.5 Å². The molecule has 1 aliphatic rings. The lowest BCUT2D eigenvalue weighted by Crippen LogP contribution is -2.45. The van der Waals surface area contributed by atoms with Crippen LogP contribution < -0.4 is 0 Å². The molecule has 0 aromatic heterocycles. The Morgan fingerprint density at radius 3 is 2.80 bits per heavy atom. The molecule has 2 atom stereocenters. The van der Waals surface area contributed by atoms with Crippen LogP contribution in [0.1, 0.15) is 31.4 Å². The Morgan fingerprint density at radius 1 is 1.55 bits per heavy atom. The Morgan fingerprint density at radius 2 is 2.25 bits per heavy atom. The van der Waals surface area contributed by atoms with Crippen LogP contribution in [0.2, 0.25) is 5.02 Å². The van der Waals surface area contributed by atoms with E-state index in [1.165, 1.54) is 17.0 Å². The maximum Gasteiger partial charge on any atom is 0.308 e. The summed E-state index contributed by atoms with van der Waals surface area (Å²) in [6.45, 7) is 2.17. The number of amides is 1. The number of benzene rings is 1. The lowest BCUT2D eigenvalue weighted by atomic mass is 9.84. The van der Waals surface area contributed by atoms with Gasteiger partial charge in [-0.3, -0.25) is 9.59 Å².